The van der Waals surface area contributed by atoms with Crippen molar-refractivity contribution in [1.82, 2.24) is 9.36 Å². The summed E-state index contributed by atoms with van der Waals surface area (Å²) in [5.74, 6) is 1.07. The van der Waals surface area contributed by atoms with Gasteiger partial charge in [-0.1, -0.05) is 41.9 Å². The number of ketones is 1. The smallest absolute Gasteiger partial charge is 0.175 e. The predicted octanol–water partition coefficient (Wildman–Crippen LogP) is 4.44. The molecule has 0 fully saturated rings. The molecule has 2 aromatic heterocycles. The van der Waals surface area contributed by atoms with Crippen molar-refractivity contribution in [1.29, 1.82) is 0 Å². The van der Waals surface area contributed by atoms with Gasteiger partial charge in [0.2, 0.25) is 0 Å². The first-order valence-corrected chi connectivity index (χ1v) is 8.36. The Morgan fingerprint density at radius 1 is 1.50 bits per heavy atom. The maximum atomic E-state index is 11.9. The molecular formula is C10H8Cl2N2OS3. The monoisotopic (exact) mass is 338 g/mol. The number of aromatic nitrogens is 2. The SMILES string of the molecule is CCc1nsc(SCC(=O)c2cc(Cl)sc2Cl)n1. The number of thiophene rings is 1. The van der Waals surface area contributed by atoms with Gasteiger partial charge in [0.25, 0.3) is 0 Å². The van der Waals surface area contributed by atoms with Crippen molar-refractivity contribution in [3.63, 3.8) is 0 Å². The lowest BCUT2D eigenvalue weighted by atomic mass is 10.2. The Hall–Kier alpha value is -0.140. The van der Waals surface area contributed by atoms with Gasteiger partial charge >= 0.3 is 0 Å². The number of carbonyl (C=O) groups is 1. The summed E-state index contributed by atoms with van der Waals surface area (Å²) in [6.45, 7) is 1.99. The maximum absolute atomic E-state index is 11.9. The fourth-order valence-corrected chi connectivity index (χ4v) is 4.25. The molecule has 0 aromatic carbocycles. The third-order valence-corrected chi connectivity index (χ3v) is 5.41. The molecule has 0 aliphatic heterocycles. The summed E-state index contributed by atoms with van der Waals surface area (Å²) in [7, 11) is 0. The Balaban J connectivity index is 1.98. The van der Waals surface area contributed by atoms with Gasteiger partial charge in [-0.2, -0.15) is 4.37 Å². The van der Waals surface area contributed by atoms with E-state index in [9.17, 15) is 4.79 Å². The van der Waals surface area contributed by atoms with Crippen LogP contribution in [0.25, 0.3) is 0 Å². The van der Waals surface area contributed by atoms with Crippen molar-refractivity contribution in [2.75, 3.05) is 5.75 Å². The highest BCUT2D eigenvalue weighted by molar-refractivity contribution is 8.01. The molecule has 0 bridgehead atoms. The fraction of sp³-hybridized carbons (Fsp3) is 0.300. The first-order chi connectivity index (χ1) is 8.60. The van der Waals surface area contributed by atoms with E-state index in [2.05, 4.69) is 9.36 Å². The third kappa shape index (κ3) is 3.45. The van der Waals surface area contributed by atoms with Crippen LogP contribution in [0, 0.1) is 0 Å². The van der Waals surface area contributed by atoms with E-state index < -0.39 is 0 Å². The van der Waals surface area contributed by atoms with Gasteiger partial charge in [0, 0.05) is 12.0 Å². The van der Waals surface area contributed by atoms with Gasteiger partial charge in [0.15, 0.2) is 10.1 Å². The van der Waals surface area contributed by atoms with Crippen molar-refractivity contribution < 1.29 is 4.79 Å². The number of rotatable bonds is 5. The molecule has 2 rings (SSSR count). The van der Waals surface area contributed by atoms with E-state index in [0.29, 0.717) is 20.0 Å². The minimum Gasteiger partial charge on any atom is -0.293 e. The van der Waals surface area contributed by atoms with Gasteiger partial charge in [0.1, 0.15) is 10.2 Å². The fourth-order valence-electron chi connectivity index (χ4n) is 1.18. The minimum atomic E-state index is -0.0404. The van der Waals surface area contributed by atoms with Crippen LogP contribution in [0.5, 0.6) is 0 Å². The Bertz CT molecular complexity index is 567. The second-order valence-corrected chi connectivity index (χ2v) is 7.54. The largest absolute Gasteiger partial charge is 0.293 e. The van der Waals surface area contributed by atoms with Crippen LogP contribution in [0.1, 0.15) is 23.1 Å². The highest BCUT2D eigenvalue weighted by Gasteiger charge is 2.15. The number of halogens is 2. The molecule has 0 saturated heterocycles. The molecule has 3 nitrogen and oxygen atoms in total. The van der Waals surface area contributed by atoms with Gasteiger partial charge < -0.3 is 0 Å². The van der Waals surface area contributed by atoms with E-state index in [1.807, 2.05) is 6.92 Å². The Morgan fingerprint density at radius 2 is 2.28 bits per heavy atom. The van der Waals surface area contributed by atoms with Crippen molar-refractivity contribution in [2.45, 2.75) is 17.7 Å². The normalized spacial score (nSPS) is 10.8. The molecule has 0 N–H and O–H groups in total. The summed E-state index contributed by atoms with van der Waals surface area (Å²) in [5.41, 5.74) is 0.486. The van der Waals surface area contributed by atoms with Crippen molar-refractivity contribution >= 4 is 63.6 Å². The summed E-state index contributed by atoms with van der Waals surface area (Å²) < 4.78 is 5.93. The Morgan fingerprint density at radius 3 is 2.83 bits per heavy atom. The lowest BCUT2D eigenvalue weighted by Gasteiger charge is -1.96. The van der Waals surface area contributed by atoms with Gasteiger partial charge in [-0.15, -0.1) is 11.3 Å². The summed E-state index contributed by atoms with van der Waals surface area (Å²) in [6.07, 6.45) is 0.803. The zero-order chi connectivity index (χ0) is 13.1. The average molecular weight is 339 g/mol. The number of aryl methyl sites for hydroxylation is 1. The highest BCUT2D eigenvalue weighted by atomic mass is 35.5. The van der Waals surface area contributed by atoms with E-state index in [4.69, 9.17) is 23.2 Å². The second kappa shape index (κ2) is 6.34. The zero-order valence-electron chi connectivity index (χ0n) is 9.27. The molecule has 0 spiro atoms. The van der Waals surface area contributed by atoms with Crippen LogP contribution < -0.4 is 0 Å². The van der Waals surface area contributed by atoms with E-state index in [1.165, 1.54) is 34.6 Å². The van der Waals surface area contributed by atoms with Crippen LogP contribution in [-0.4, -0.2) is 20.9 Å². The van der Waals surface area contributed by atoms with E-state index in [1.54, 1.807) is 6.07 Å². The molecule has 8 heteroatoms. The first-order valence-electron chi connectivity index (χ1n) is 5.03. The van der Waals surface area contributed by atoms with Crippen LogP contribution in [0.15, 0.2) is 10.4 Å². The van der Waals surface area contributed by atoms with Crippen LogP contribution in [-0.2, 0) is 6.42 Å². The summed E-state index contributed by atoms with van der Waals surface area (Å²) in [4.78, 5) is 16.2. The van der Waals surface area contributed by atoms with Crippen LogP contribution >= 0.6 is 57.8 Å². The molecule has 18 heavy (non-hydrogen) atoms. The number of Topliss-reactive ketones (excluding diaryl/α,β-unsaturated/α-hetero) is 1. The molecule has 2 heterocycles. The topological polar surface area (TPSA) is 42.9 Å². The Kier molecular flexibility index (Phi) is 5.03. The van der Waals surface area contributed by atoms with Crippen molar-refractivity contribution in [2.24, 2.45) is 0 Å². The standard InChI is InChI=1S/C10H8Cl2N2OS3/c1-2-8-13-10(18-14-8)16-4-6(15)5-3-7(11)17-9(5)12/h3H,2,4H2,1H3. The summed E-state index contributed by atoms with van der Waals surface area (Å²) in [6, 6.07) is 1.61. The molecule has 0 aliphatic carbocycles. The average Bonchev–Trinajstić information content (AvgIpc) is 2.92. The number of carbonyl (C=O) groups excluding carboxylic acids is 1. The van der Waals surface area contributed by atoms with Gasteiger partial charge in [-0.3, -0.25) is 4.79 Å². The van der Waals surface area contributed by atoms with Crippen LogP contribution in [0.4, 0.5) is 0 Å². The van der Waals surface area contributed by atoms with Crippen molar-refractivity contribution in [3.05, 3.63) is 26.1 Å². The Labute approximate surface area is 127 Å². The lowest BCUT2D eigenvalue weighted by Crippen LogP contribution is -2.01. The minimum absolute atomic E-state index is 0.0404. The third-order valence-electron chi connectivity index (χ3n) is 2.05. The molecule has 0 aliphatic rings. The number of hydrogen-bond donors (Lipinski definition) is 0. The second-order valence-electron chi connectivity index (χ2n) is 3.28. The molecule has 96 valence electrons. The maximum Gasteiger partial charge on any atom is 0.175 e. The molecule has 0 amide bonds. The zero-order valence-corrected chi connectivity index (χ0v) is 13.2. The quantitative estimate of drug-likeness (QED) is 0.596. The molecule has 0 saturated carbocycles. The van der Waals surface area contributed by atoms with Crippen LogP contribution in [0.2, 0.25) is 8.67 Å². The van der Waals surface area contributed by atoms with E-state index in [-0.39, 0.29) is 5.78 Å². The molecule has 0 atom stereocenters. The molecular weight excluding hydrogens is 331 g/mol. The lowest BCUT2D eigenvalue weighted by molar-refractivity contribution is 0.102. The predicted molar refractivity (Wildman–Crippen MR) is 78.7 cm³/mol. The van der Waals surface area contributed by atoms with Gasteiger partial charge in [0.05, 0.1) is 10.1 Å². The highest BCUT2D eigenvalue weighted by Crippen LogP contribution is 2.32. The van der Waals surface area contributed by atoms with E-state index >= 15 is 0 Å². The molecule has 0 radical (unpaired) electrons. The molecule has 2 aromatic rings. The van der Waals surface area contributed by atoms with Gasteiger partial charge in [-0.05, 0) is 17.6 Å². The van der Waals surface area contributed by atoms with Crippen LogP contribution in [0.3, 0.4) is 0 Å². The molecule has 0 unspecified atom stereocenters. The summed E-state index contributed by atoms with van der Waals surface area (Å²) >= 11 is 15.6. The number of nitrogens with zero attached hydrogens (tertiary/aromatic N) is 2. The van der Waals surface area contributed by atoms with Gasteiger partial charge in [-0.25, -0.2) is 4.98 Å². The number of thioether (sulfide) groups is 1. The summed E-state index contributed by atoms with van der Waals surface area (Å²) in [5, 5.41) is 0. The van der Waals surface area contributed by atoms with Crippen molar-refractivity contribution in [3.8, 4) is 0 Å². The number of hydrogen-bond acceptors (Lipinski definition) is 6. The van der Waals surface area contributed by atoms with E-state index in [0.717, 1.165) is 16.6 Å². The first kappa shape index (κ1) is 14.3.